The summed E-state index contributed by atoms with van der Waals surface area (Å²) in [4.78, 5) is 12.2. The lowest BCUT2D eigenvalue weighted by atomic mass is 9.95. The summed E-state index contributed by atoms with van der Waals surface area (Å²) >= 11 is 0. The third-order valence-corrected chi connectivity index (χ3v) is 3.87. The van der Waals surface area contributed by atoms with Gasteiger partial charge in [0.05, 0.1) is 6.61 Å². The molecule has 2 aliphatic rings. The van der Waals surface area contributed by atoms with Crippen LogP contribution < -0.4 is 10.1 Å². The van der Waals surface area contributed by atoms with Gasteiger partial charge in [0.2, 0.25) is 0 Å². The average molecular weight is 245 g/mol. The number of nitrogens with one attached hydrogen (secondary N) is 1. The third-order valence-electron chi connectivity index (χ3n) is 3.87. The van der Waals surface area contributed by atoms with Crippen LogP contribution in [0.2, 0.25) is 0 Å². The standard InChI is InChI=1S/C15H19NO2/c17-14(8-11-5-6-16-10-11)12-3-4-15-13(9-12)2-1-7-18-15/h3-4,9,11,16H,1-2,5-8,10H2. The zero-order valence-electron chi connectivity index (χ0n) is 10.6. The molecule has 1 atom stereocenters. The molecule has 0 spiro atoms. The predicted molar refractivity (Wildman–Crippen MR) is 70.2 cm³/mol. The van der Waals surface area contributed by atoms with Crippen LogP contribution in [0.1, 0.15) is 35.2 Å². The van der Waals surface area contributed by atoms with Gasteiger partial charge in [-0.25, -0.2) is 0 Å². The van der Waals surface area contributed by atoms with E-state index in [-0.39, 0.29) is 5.78 Å². The molecular weight excluding hydrogens is 226 g/mol. The lowest BCUT2D eigenvalue weighted by Gasteiger charge is -2.17. The normalized spacial score (nSPS) is 22.3. The number of ketones is 1. The van der Waals surface area contributed by atoms with Crippen LogP contribution in [-0.2, 0) is 6.42 Å². The number of carbonyl (C=O) groups excluding carboxylic acids is 1. The number of rotatable bonds is 3. The Hall–Kier alpha value is -1.35. The zero-order valence-corrected chi connectivity index (χ0v) is 10.6. The second-order valence-corrected chi connectivity index (χ2v) is 5.26. The van der Waals surface area contributed by atoms with E-state index in [1.165, 1.54) is 5.56 Å². The number of Topliss-reactive ketones (excluding diaryl/α,β-unsaturated/α-hetero) is 1. The number of carbonyl (C=O) groups is 1. The van der Waals surface area contributed by atoms with Crippen molar-refractivity contribution in [2.24, 2.45) is 5.92 Å². The molecule has 3 nitrogen and oxygen atoms in total. The second-order valence-electron chi connectivity index (χ2n) is 5.26. The van der Waals surface area contributed by atoms with E-state index in [1.807, 2.05) is 18.2 Å². The van der Waals surface area contributed by atoms with Crippen molar-refractivity contribution in [2.75, 3.05) is 19.7 Å². The van der Waals surface area contributed by atoms with Crippen LogP contribution in [0.3, 0.4) is 0 Å². The lowest BCUT2D eigenvalue weighted by Crippen LogP contribution is -2.14. The van der Waals surface area contributed by atoms with Crippen molar-refractivity contribution in [3.8, 4) is 5.75 Å². The van der Waals surface area contributed by atoms with E-state index in [4.69, 9.17) is 4.74 Å². The van der Waals surface area contributed by atoms with Crippen molar-refractivity contribution in [3.05, 3.63) is 29.3 Å². The first-order chi connectivity index (χ1) is 8.83. The van der Waals surface area contributed by atoms with Gasteiger partial charge in [0.25, 0.3) is 0 Å². The van der Waals surface area contributed by atoms with Gasteiger partial charge in [-0.1, -0.05) is 0 Å². The quantitative estimate of drug-likeness (QED) is 0.830. The van der Waals surface area contributed by atoms with Crippen molar-refractivity contribution < 1.29 is 9.53 Å². The highest BCUT2D eigenvalue weighted by molar-refractivity contribution is 5.96. The summed E-state index contributed by atoms with van der Waals surface area (Å²) in [6.07, 6.45) is 3.88. The highest BCUT2D eigenvalue weighted by atomic mass is 16.5. The largest absolute Gasteiger partial charge is 0.493 e. The highest BCUT2D eigenvalue weighted by Gasteiger charge is 2.20. The van der Waals surface area contributed by atoms with Crippen LogP contribution in [0, 0.1) is 5.92 Å². The highest BCUT2D eigenvalue weighted by Crippen LogP contribution is 2.26. The maximum absolute atomic E-state index is 12.2. The number of hydrogen-bond donors (Lipinski definition) is 1. The molecule has 1 saturated heterocycles. The first-order valence-electron chi connectivity index (χ1n) is 6.82. The molecule has 1 N–H and O–H groups in total. The lowest BCUT2D eigenvalue weighted by molar-refractivity contribution is 0.0964. The molecule has 96 valence electrons. The molecule has 1 aromatic rings. The van der Waals surface area contributed by atoms with Crippen molar-refractivity contribution in [1.29, 1.82) is 0 Å². The molecule has 0 aromatic heterocycles. The van der Waals surface area contributed by atoms with Gasteiger partial charge in [0, 0.05) is 12.0 Å². The van der Waals surface area contributed by atoms with Gasteiger partial charge in [-0.2, -0.15) is 0 Å². The van der Waals surface area contributed by atoms with Gasteiger partial charge >= 0.3 is 0 Å². The van der Waals surface area contributed by atoms with Gasteiger partial charge in [0.1, 0.15) is 5.75 Å². The fraction of sp³-hybridized carbons (Fsp3) is 0.533. The van der Waals surface area contributed by atoms with Gasteiger partial charge in [-0.3, -0.25) is 4.79 Å². The molecule has 3 rings (SSSR count). The Kier molecular flexibility index (Phi) is 3.33. The topological polar surface area (TPSA) is 38.3 Å². The monoisotopic (exact) mass is 245 g/mol. The molecule has 0 bridgehead atoms. The molecule has 1 unspecified atom stereocenters. The van der Waals surface area contributed by atoms with Crippen molar-refractivity contribution in [1.82, 2.24) is 5.32 Å². The minimum atomic E-state index is 0.275. The Balaban J connectivity index is 1.73. The average Bonchev–Trinajstić information content (AvgIpc) is 2.91. The van der Waals surface area contributed by atoms with Crippen molar-refractivity contribution in [2.45, 2.75) is 25.7 Å². The van der Waals surface area contributed by atoms with Gasteiger partial charge < -0.3 is 10.1 Å². The molecule has 1 aromatic carbocycles. The Morgan fingerprint density at radius 2 is 2.39 bits per heavy atom. The molecular formula is C15H19NO2. The van der Waals surface area contributed by atoms with Crippen LogP contribution in [-0.4, -0.2) is 25.5 Å². The molecule has 18 heavy (non-hydrogen) atoms. The predicted octanol–water partition coefficient (Wildman–Crippen LogP) is 2.19. The molecule has 3 heteroatoms. The number of hydrogen-bond acceptors (Lipinski definition) is 3. The van der Waals surface area contributed by atoms with E-state index in [0.29, 0.717) is 12.3 Å². The molecule has 2 aliphatic heterocycles. The summed E-state index contributed by atoms with van der Waals surface area (Å²) in [6.45, 7) is 2.84. The summed E-state index contributed by atoms with van der Waals surface area (Å²) in [6, 6.07) is 5.89. The summed E-state index contributed by atoms with van der Waals surface area (Å²) < 4.78 is 5.57. The number of benzene rings is 1. The minimum absolute atomic E-state index is 0.275. The summed E-state index contributed by atoms with van der Waals surface area (Å²) in [7, 11) is 0. The maximum atomic E-state index is 12.2. The molecule has 0 amide bonds. The second kappa shape index (κ2) is 5.11. The Morgan fingerprint density at radius 1 is 1.44 bits per heavy atom. The summed E-state index contributed by atoms with van der Waals surface area (Å²) in [5.41, 5.74) is 2.04. The van der Waals surface area contributed by atoms with Crippen LogP contribution in [0.25, 0.3) is 0 Å². The van der Waals surface area contributed by atoms with Crippen molar-refractivity contribution in [3.63, 3.8) is 0 Å². The van der Waals surface area contributed by atoms with Crippen LogP contribution in [0.5, 0.6) is 5.75 Å². The molecule has 2 heterocycles. The van der Waals surface area contributed by atoms with Gasteiger partial charge in [0.15, 0.2) is 5.78 Å². The minimum Gasteiger partial charge on any atom is -0.493 e. The van der Waals surface area contributed by atoms with E-state index in [0.717, 1.165) is 50.3 Å². The van der Waals surface area contributed by atoms with Crippen LogP contribution in [0.4, 0.5) is 0 Å². The third kappa shape index (κ3) is 2.41. The maximum Gasteiger partial charge on any atom is 0.163 e. The first-order valence-corrected chi connectivity index (χ1v) is 6.82. The Labute approximate surface area is 108 Å². The van der Waals surface area contributed by atoms with E-state index in [9.17, 15) is 4.79 Å². The molecule has 1 fully saturated rings. The van der Waals surface area contributed by atoms with Gasteiger partial charge in [-0.05, 0) is 62.0 Å². The van der Waals surface area contributed by atoms with E-state index in [2.05, 4.69) is 5.32 Å². The number of fused-ring (bicyclic) bond motifs is 1. The number of aryl methyl sites for hydroxylation is 1. The van der Waals surface area contributed by atoms with E-state index < -0.39 is 0 Å². The van der Waals surface area contributed by atoms with Gasteiger partial charge in [-0.15, -0.1) is 0 Å². The van der Waals surface area contributed by atoms with E-state index >= 15 is 0 Å². The smallest absolute Gasteiger partial charge is 0.163 e. The molecule has 0 saturated carbocycles. The SMILES string of the molecule is O=C(CC1CCNC1)c1ccc2c(c1)CCCO2. The zero-order chi connectivity index (χ0) is 12.4. The molecule has 0 aliphatic carbocycles. The first kappa shape index (κ1) is 11.7. The Morgan fingerprint density at radius 3 is 3.22 bits per heavy atom. The molecule has 0 radical (unpaired) electrons. The summed E-state index contributed by atoms with van der Waals surface area (Å²) in [5.74, 6) is 1.75. The van der Waals surface area contributed by atoms with Crippen LogP contribution >= 0.6 is 0 Å². The summed E-state index contributed by atoms with van der Waals surface area (Å²) in [5, 5.41) is 3.31. The Bertz CT molecular complexity index is 450. The fourth-order valence-electron chi connectivity index (χ4n) is 2.80. The van der Waals surface area contributed by atoms with E-state index in [1.54, 1.807) is 0 Å². The number of ether oxygens (including phenoxy) is 1. The fourth-order valence-corrected chi connectivity index (χ4v) is 2.80. The van der Waals surface area contributed by atoms with Crippen LogP contribution in [0.15, 0.2) is 18.2 Å². The van der Waals surface area contributed by atoms with Crippen molar-refractivity contribution >= 4 is 5.78 Å².